The third-order valence-corrected chi connectivity index (χ3v) is 7.76. The van der Waals surface area contributed by atoms with E-state index in [2.05, 4.69) is 15.4 Å². The van der Waals surface area contributed by atoms with Crippen molar-refractivity contribution in [3.63, 3.8) is 0 Å². The largest absolute Gasteiger partial charge is 0.331 e. The molecule has 1 saturated heterocycles. The first kappa shape index (κ1) is 26.3. The first-order valence-corrected chi connectivity index (χ1v) is 14.4. The number of anilines is 1. The van der Waals surface area contributed by atoms with Crippen LogP contribution < -0.4 is 10.2 Å². The highest BCUT2D eigenvalue weighted by atomic mass is 32.2. The Morgan fingerprint density at radius 3 is 2.63 bits per heavy atom. The fourth-order valence-electron chi connectivity index (χ4n) is 4.90. The maximum atomic E-state index is 13.7. The molecule has 10 nitrogen and oxygen atoms in total. The third kappa shape index (κ3) is 5.29. The highest BCUT2D eigenvalue weighted by Gasteiger charge is 2.42. The van der Waals surface area contributed by atoms with Crippen molar-refractivity contribution in [3.05, 3.63) is 65.9 Å². The summed E-state index contributed by atoms with van der Waals surface area (Å²) in [6.45, 7) is 4.15. The molecule has 38 heavy (non-hydrogen) atoms. The zero-order valence-corrected chi connectivity index (χ0v) is 22.2. The lowest BCUT2D eigenvalue weighted by Gasteiger charge is -2.43. The van der Waals surface area contributed by atoms with Crippen molar-refractivity contribution in [2.24, 2.45) is 5.92 Å². The SMILES string of the molecule is CCC[C@H](NC(=O)N1CC(C2OC(C)O2)Cc2c1cnn2-c1ccc(F)cc1)c1ccnc(S(C)(=O)=O)c1. The van der Waals surface area contributed by atoms with Gasteiger partial charge < -0.3 is 14.8 Å². The molecule has 2 aliphatic heterocycles. The Balaban J connectivity index is 1.46. The van der Waals surface area contributed by atoms with Crippen LogP contribution in [-0.2, 0) is 25.7 Å². The minimum Gasteiger partial charge on any atom is -0.331 e. The molecule has 12 heteroatoms. The van der Waals surface area contributed by atoms with Gasteiger partial charge in [-0.3, -0.25) is 4.90 Å². The van der Waals surface area contributed by atoms with Crippen LogP contribution in [-0.4, -0.2) is 54.6 Å². The molecule has 3 aromatic rings. The van der Waals surface area contributed by atoms with Gasteiger partial charge in [0.2, 0.25) is 0 Å². The molecule has 202 valence electrons. The van der Waals surface area contributed by atoms with E-state index in [1.54, 1.807) is 34.0 Å². The van der Waals surface area contributed by atoms with Gasteiger partial charge in [-0.15, -0.1) is 0 Å². The van der Waals surface area contributed by atoms with Crippen LogP contribution >= 0.6 is 0 Å². The number of pyridine rings is 1. The number of halogens is 1. The van der Waals surface area contributed by atoms with E-state index in [1.165, 1.54) is 24.4 Å². The summed E-state index contributed by atoms with van der Waals surface area (Å²) in [6, 6.07) is 8.44. The lowest BCUT2D eigenvalue weighted by Crippen LogP contribution is -2.53. The molecular formula is C26H30FN5O5S. The van der Waals surface area contributed by atoms with E-state index in [1.807, 2.05) is 13.8 Å². The number of carbonyl (C=O) groups is 1. The first-order valence-electron chi connectivity index (χ1n) is 12.5. The summed E-state index contributed by atoms with van der Waals surface area (Å²) >= 11 is 0. The van der Waals surface area contributed by atoms with E-state index in [0.717, 1.165) is 18.4 Å². The molecule has 2 aliphatic rings. The number of ether oxygens (including phenoxy) is 2. The van der Waals surface area contributed by atoms with Crippen molar-refractivity contribution in [2.75, 3.05) is 17.7 Å². The van der Waals surface area contributed by atoms with Crippen molar-refractivity contribution >= 4 is 21.6 Å². The molecule has 0 bridgehead atoms. The Bertz CT molecular complexity index is 1420. The second kappa shape index (κ2) is 10.4. The molecule has 1 N–H and O–H groups in total. The maximum Gasteiger partial charge on any atom is 0.322 e. The number of fused-ring (bicyclic) bond motifs is 1. The van der Waals surface area contributed by atoms with E-state index >= 15 is 0 Å². The summed E-state index contributed by atoms with van der Waals surface area (Å²) in [7, 11) is -3.50. The van der Waals surface area contributed by atoms with E-state index in [4.69, 9.17) is 9.47 Å². The number of urea groups is 1. The molecule has 0 spiro atoms. The van der Waals surface area contributed by atoms with Gasteiger partial charge in [0.05, 0.1) is 29.3 Å². The molecule has 1 aromatic carbocycles. The van der Waals surface area contributed by atoms with Gasteiger partial charge in [-0.25, -0.2) is 27.3 Å². The minimum absolute atomic E-state index is 0.0420. The molecule has 5 rings (SSSR count). The number of rotatable bonds is 7. The average Bonchev–Trinajstić information content (AvgIpc) is 3.30. The van der Waals surface area contributed by atoms with E-state index < -0.39 is 22.2 Å². The molecule has 2 amide bonds. The zero-order valence-electron chi connectivity index (χ0n) is 21.4. The normalized spacial score (nSPS) is 21.9. The number of carbonyl (C=O) groups excluding carboxylic acids is 1. The third-order valence-electron chi connectivity index (χ3n) is 6.78. The number of amides is 2. The molecule has 2 atom stereocenters. The fraction of sp³-hybridized carbons (Fsp3) is 0.423. The maximum absolute atomic E-state index is 13.7. The highest BCUT2D eigenvalue weighted by molar-refractivity contribution is 7.90. The predicted octanol–water partition coefficient (Wildman–Crippen LogP) is 3.76. The van der Waals surface area contributed by atoms with Gasteiger partial charge in [0.25, 0.3) is 0 Å². The Kier molecular flexibility index (Phi) is 7.21. The predicted molar refractivity (Wildman–Crippen MR) is 137 cm³/mol. The zero-order chi connectivity index (χ0) is 27.0. The number of nitrogens with one attached hydrogen (secondary N) is 1. The first-order chi connectivity index (χ1) is 18.1. The lowest BCUT2D eigenvalue weighted by atomic mass is 9.95. The summed E-state index contributed by atoms with van der Waals surface area (Å²) < 4.78 is 50.9. The highest BCUT2D eigenvalue weighted by Crippen LogP contribution is 2.37. The topological polar surface area (TPSA) is 116 Å². The van der Waals surface area contributed by atoms with Gasteiger partial charge in [-0.2, -0.15) is 5.10 Å². The lowest BCUT2D eigenvalue weighted by molar-refractivity contribution is -0.391. The molecule has 0 aliphatic carbocycles. The summed E-state index contributed by atoms with van der Waals surface area (Å²) in [5, 5.41) is 7.55. The Morgan fingerprint density at radius 1 is 1.24 bits per heavy atom. The van der Waals surface area contributed by atoms with Crippen LogP contribution in [0.15, 0.2) is 53.8 Å². The molecule has 2 aromatic heterocycles. The fourth-order valence-corrected chi connectivity index (χ4v) is 5.50. The second-order valence-electron chi connectivity index (χ2n) is 9.64. The standard InChI is InChI=1S/C26H30FN5O5S/c1-4-5-21(17-10-11-28-24(13-17)38(3,34)35)30-26(33)31-15-18(25-36-16(2)37-25)12-22-23(31)14-29-32(22)20-8-6-19(27)7-9-20/h6-11,13-14,16,18,21,25H,4-5,12,15H2,1-3H3,(H,30,33)/t16?,18?,21-,25?/m0/s1. The minimum atomic E-state index is -3.50. The molecule has 4 heterocycles. The summed E-state index contributed by atoms with van der Waals surface area (Å²) in [5.74, 6) is -0.501. The second-order valence-corrected chi connectivity index (χ2v) is 11.6. The summed E-state index contributed by atoms with van der Waals surface area (Å²) in [6.07, 6.45) is 5.31. The number of nitrogens with zero attached hydrogens (tertiary/aromatic N) is 4. The van der Waals surface area contributed by atoms with E-state index in [0.29, 0.717) is 36.3 Å². The summed E-state index contributed by atoms with van der Waals surface area (Å²) in [4.78, 5) is 19.3. The van der Waals surface area contributed by atoms with Crippen molar-refractivity contribution in [1.82, 2.24) is 20.1 Å². The molecule has 0 saturated carbocycles. The number of hydrogen-bond acceptors (Lipinski definition) is 7. The van der Waals surface area contributed by atoms with Crippen LogP contribution in [0.2, 0.25) is 0 Å². The van der Waals surface area contributed by atoms with Crippen LogP contribution in [0, 0.1) is 11.7 Å². The van der Waals surface area contributed by atoms with Crippen LogP contribution in [0.25, 0.3) is 5.69 Å². The molecule has 0 radical (unpaired) electrons. The summed E-state index contributed by atoms with van der Waals surface area (Å²) in [5.41, 5.74) is 2.75. The Hall–Kier alpha value is -3.35. The van der Waals surface area contributed by atoms with Crippen LogP contribution in [0.4, 0.5) is 14.9 Å². The van der Waals surface area contributed by atoms with Crippen LogP contribution in [0.1, 0.15) is 44.0 Å². The van der Waals surface area contributed by atoms with Gasteiger partial charge in [-0.1, -0.05) is 13.3 Å². The molecular weight excluding hydrogens is 513 g/mol. The quantitative estimate of drug-likeness (QED) is 0.482. The number of benzene rings is 1. The monoisotopic (exact) mass is 543 g/mol. The van der Waals surface area contributed by atoms with Crippen LogP contribution in [0.3, 0.4) is 0 Å². The van der Waals surface area contributed by atoms with Gasteiger partial charge in [0.1, 0.15) is 5.82 Å². The van der Waals surface area contributed by atoms with E-state index in [9.17, 15) is 17.6 Å². The van der Waals surface area contributed by atoms with Crippen molar-refractivity contribution in [1.29, 1.82) is 0 Å². The van der Waals surface area contributed by atoms with Gasteiger partial charge >= 0.3 is 6.03 Å². The Labute approximate surface area is 220 Å². The van der Waals surface area contributed by atoms with Crippen molar-refractivity contribution in [3.8, 4) is 5.69 Å². The van der Waals surface area contributed by atoms with Gasteiger partial charge in [0, 0.05) is 31.3 Å². The molecule has 1 fully saturated rings. The molecule has 1 unspecified atom stereocenters. The van der Waals surface area contributed by atoms with Crippen LogP contribution in [0.5, 0.6) is 0 Å². The number of sulfone groups is 1. The number of hydrogen-bond donors (Lipinski definition) is 1. The van der Waals surface area contributed by atoms with E-state index in [-0.39, 0.29) is 29.1 Å². The van der Waals surface area contributed by atoms with Crippen molar-refractivity contribution < 1.29 is 27.1 Å². The van der Waals surface area contributed by atoms with Crippen molar-refractivity contribution in [2.45, 2.75) is 56.8 Å². The van der Waals surface area contributed by atoms with Gasteiger partial charge in [0.15, 0.2) is 27.4 Å². The van der Waals surface area contributed by atoms with Gasteiger partial charge in [-0.05, 0) is 55.3 Å². The number of aromatic nitrogens is 3. The smallest absolute Gasteiger partial charge is 0.322 e. The average molecular weight is 544 g/mol. The Morgan fingerprint density at radius 2 is 1.97 bits per heavy atom.